The van der Waals surface area contributed by atoms with Gasteiger partial charge in [0.25, 0.3) is 5.91 Å². The molecule has 0 aliphatic heterocycles. The van der Waals surface area contributed by atoms with E-state index in [9.17, 15) is 4.79 Å². The highest BCUT2D eigenvalue weighted by Gasteiger charge is 2.32. The van der Waals surface area contributed by atoms with Crippen LogP contribution in [0.3, 0.4) is 0 Å². The molecule has 0 bridgehead atoms. The highest BCUT2D eigenvalue weighted by molar-refractivity contribution is 5.95. The average molecular weight is 397 g/mol. The quantitative estimate of drug-likeness (QED) is 0.518. The molecule has 4 aromatic rings. The Kier molecular flexibility index (Phi) is 5.35. The fourth-order valence-corrected chi connectivity index (χ4v) is 3.52. The minimum absolute atomic E-state index is 0.236. The van der Waals surface area contributed by atoms with Gasteiger partial charge in [-0.25, -0.2) is 4.68 Å². The molecule has 1 aromatic heterocycles. The molecule has 1 amide bonds. The molecular formula is C25H23N3O2. The molecule has 3 aromatic carbocycles. The predicted octanol–water partition coefficient (Wildman–Crippen LogP) is 4.57. The molecule has 0 spiro atoms. The second-order valence-corrected chi connectivity index (χ2v) is 7.14. The predicted molar refractivity (Wildman–Crippen MR) is 117 cm³/mol. The monoisotopic (exact) mass is 397 g/mol. The molecule has 0 saturated heterocycles. The number of rotatable bonds is 6. The second-order valence-electron chi connectivity index (χ2n) is 7.14. The lowest BCUT2D eigenvalue weighted by Crippen LogP contribution is -2.44. The molecule has 0 aliphatic carbocycles. The van der Waals surface area contributed by atoms with E-state index < -0.39 is 5.54 Å². The summed E-state index contributed by atoms with van der Waals surface area (Å²) in [4.78, 5) is 13.4. The van der Waals surface area contributed by atoms with E-state index in [2.05, 4.69) is 10.4 Å². The van der Waals surface area contributed by atoms with Gasteiger partial charge in [0.15, 0.2) is 11.4 Å². The third-order valence-electron chi connectivity index (χ3n) is 5.20. The number of benzene rings is 3. The van der Waals surface area contributed by atoms with Crippen LogP contribution in [0, 0.1) is 0 Å². The molecule has 1 N–H and O–H groups in total. The third-order valence-corrected chi connectivity index (χ3v) is 5.20. The van der Waals surface area contributed by atoms with E-state index in [0.29, 0.717) is 5.75 Å². The molecule has 0 fully saturated rings. The summed E-state index contributed by atoms with van der Waals surface area (Å²) in [6, 6.07) is 29.4. The van der Waals surface area contributed by atoms with E-state index in [-0.39, 0.29) is 11.6 Å². The molecule has 150 valence electrons. The van der Waals surface area contributed by atoms with Crippen LogP contribution in [0.4, 0.5) is 0 Å². The maximum absolute atomic E-state index is 13.4. The van der Waals surface area contributed by atoms with Gasteiger partial charge < -0.3 is 10.1 Å². The van der Waals surface area contributed by atoms with Gasteiger partial charge in [-0.1, -0.05) is 78.9 Å². The number of aromatic nitrogens is 2. The Hall–Kier alpha value is -3.86. The Labute approximate surface area is 175 Å². The van der Waals surface area contributed by atoms with Crippen LogP contribution in [-0.4, -0.2) is 22.8 Å². The zero-order valence-corrected chi connectivity index (χ0v) is 16.9. The summed E-state index contributed by atoms with van der Waals surface area (Å²) in [5.74, 6) is 0.108. The lowest BCUT2D eigenvalue weighted by atomic mass is 9.84. The Morgan fingerprint density at radius 3 is 1.87 bits per heavy atom. The number of amides is 1. The van der Waals surface area contributed by atoms with Gasteiger partial charge in [-0.15, -0.1) is 0 Å². The van der Waals surface area contributed by atoms with Gasteiger partial charge in [0.1, 0.15) is 0 Å². The third kappa shape index (κ3) is 3.70. The standard InChI is InChI=1S/C25H23N3O2/c1-25(19-12-6-3-7-13-19,20-14-8-4-9-15-20)26-24(29)23-22(30-2)18-28(27-23)21-16-10-5-11-17-21/h3-18H,1-2H3,(H,26,29). The van der Waals surface area contributed by atoms with Crippen molar-refractivity contribution in [3.8, 4) is 11.4 Å². The van der Waals surface area contributed by atoms with Crippen LogP contribution in [-0.2, 0) is 5.54 Å². The summed E-state index contributed by atoms with van der Waals surface area (Å²) < 4.78 is 7.10. The van der Waals surface area contributed by atoms with Crippen molar-refractivity contribution >= 4 is 5.91 Å². The van der Waals surface area contributed by atoms with Gasteiger partial charge in [0.2, 0.25) is 0 Å². The molecule has 30 heavy (non-hydrogen) atoms. The van der Waals surface area contributed by atoms with Crippen LogP contribution in [0.25, 0.3) is 5.69 Å². The number of nitrogens with one attached hydrogen (secondary N) is 1. The van der Waals surface area contributed by atoms with Crippen molar-refractivity contribution in [3.05, 3.63) is 114 Å². The summed E-state index contributed by atoms with van der Waals surface area (Å²) in [5, 5.41) is 7.69. The van der Waals surface area contributed by atoms with Crippen LogP contribution in [0.5, 0.6) is 5.75 Å². The molecule has 0 aliphatic rings. The highest BCUT2D eigenvalue weighted by Crippen LogP contribution is 2.30. The Morgan fingerprint density at radius 2 is 1.37 bits per heavy atom. The minimum atomic E-state index is -0.735. The number of carbonyl (C=O) groups excluding carboxylic acids is 1. The normalized spacial score (nSPS) is 11.1. The fourth-order valence-electron chi connectivity index (χ4n) is 3.52. The van der Waals surface area contributed by atoms with Crippen molar-refractivity contribution < 1.29 is 9.53 Å². The summed E-state index contributed by atoms with van der Waals surface area (Å²) >= 11 is 0. The summed E-state index contributed by atoms with van der Waals surface area (Å²) in [5.41, 5.74) is 2.31. The van der Waals surface area contributed by atoms with Crippen molar-refractivity contribution in [1.82, 2.24) is 15.1 Å². The van der Waals surface area contributed by atoms with Gasteiger partial charge in [0, 0.05) is 0 Å². The lowest BCUT2D eigenvalue weighted by molar-refractivity contribution is 0.0910. The molecular weight excluding hydrogens is 374 g/mol. The molecule has 5 nitrogen and oxygen atoms in total. The van der Waals surface area contributed by atoms with Crippen molar-refractivity contribution in [1.29, 1.82) is 0 Å². The number of nitrogens with zero attached hydrogens (tertiary/aromatic N) is 2. The van der Waals surface area contributed by atoms with E-state index in [1.807, 2.05) is 97.9 Å². The largest absolute Gasteiger partial charge is 0.493 e. The first-order valence-corrected chi connectivity index (χ1v) is 9.74. The van der Waals surface area contributed by atoms with Gasteiger partial charge in [0.05, 0.1) is 24.5 Å². The number of para-hydroxylation sites is 1. The van der Waals surface area contributed by atoms with E-state index >= 15 is 0 Å². The minimum Gasteiger partial charge on any atom is -0.493 e. The second kappa shape index (κ2) is 8.25. The first kappa shape index (κ1) is 19.5. The SMILES string of the molecule is COc1cn(-c2ccccc2)nc1C(=O)NC(C)(c1ccccc1)c1ccccc1. The van der Waals surface area contributed by atoms with E-state index in [0.717, 1.165) is 16.8 Å². The number of methoxy groups -OCH3 is 1. The maximum atomic E-state index is 13.4. The Morgan fingerprint density at radius 1 is 0.867 bits per heavy atom. The van der Waals surface area contributed by atoms with Crippen molar-refractivity contribution in [2.75, 3.05) is 7.11 Å². The topological polar surface area (TPSA) is 56.2 Å². The highest BCUT2D eigenvalue weighted by atomic mass is 16.5. The van der Waals surface area contributed by atoms with Gasteiger partial charge in [-0.3, -0.25) is 4.79 Å². The maximum Gasteiger partial charge on any atom is 0.276 e. The molecule has 5 heteroatoms. The summed E-state index contributed by atoms with van der Waals surface area (Å²) in [6.07, 6.45) is 1.71. The zero-order valence-electron chi connectivity index (χ0n) is 16.9. The van der Waals surface area contributed by atoms with E-state index in [1.165, 1.54) is 7.11 Å². The van der Waals surface area contributed by atoms with Crippen LogP contribution < -0.4 is 10.1 Å². The van der Waals surface area contributed by atoms with Gasteiger partial charge in [-0.05, 0) is 30.2 Å². The first-order valence-electron chi connectivity index (χ1n) is 9.74. The molecule has 0 saturated carbocycles. The van der Waals surface area contributed by atoms with Crippen LogP contribution in [0.1, 0.15) is 28.5 Å². The molecule has 1 heterocycles. The van der Waals surface area contributed by atoms with E-state index in [4.69, 9.17) is 4.74 Å². The van der Waals surface area contributed by atoms with Crippen LogP contribution in [0.15, 0.2) is 97.2 Å². The zero-order chi connectivity index (χ0) is 21.0. The molecule has 0 unspecified atom stereocenters. The van der Waals surface area contributed by atoms with Crippen molar-refractivity contribution in [2.24, 2.45) is 0 Å². The van der Waals surface area contributed by atoms with Crippen LogP contribution >= 0.6 is 0 Å². The Bertz CT molecular complexity index is 1080. The fraction of sp³-hybridized carbons (Fsp3) is 0.120. The first-order chi connectivity index (χ1) is 14.6. The smallest absolute Gasteiger partial charge is 0.276 e. The summed E-state index contributed by atoms with van der Waals surface area (Å²) in [7, 11) is 1.54. The van der Waals surface area contributed by atoms with E-state index in [1.54, 1.807) is 10.9 Å². The number of hydrogen-bond donors (Lipinski definition) is 1. The number of hydrogen-bond acceptors (Lipinski definition) is 3. The molecule has 0 radical (unpaired) electrons. The summed E-state index contributed by atoms with van der Waals surface area (Å²) in [6.45, 7) is 2.00. The molecule has 4 rings (SSSR count). The average Bonchev–Trinajstić information content (AvgIpc) is 3.25. The number of ether oxygens (including phenoxy) is 1. The van der Waals surface area contributed by atoms with Crippen LogP contribution in [0.2, 0.25) is 0 Å². The van der Waals surface area contributed by atoms with Gasteiger partial charge in [-0.2, -0.15) is 5.10 Å². The van der Waals surface area contributed by atoms with Crippen molar-refractivity contribution in [2.45, 2.75) is 12.5 Å². The molecule has 0 atom stereocenters. The lowest BCUT2D eigenvalue weighted by Gasteiger charge is -2.32. The van der Waals surface area contributed by atoms with Crippen molar-refractivity contribution in [3.63, 3.8) is 0 Å². The Balaban J connectivity index is 1.73. The van der Waals surface area contributed by atoms with Gasteiger partial charge >= 0.3 is 0 Å². The number of carbonyl (C=O) groups is 1.